The minimum absolute atomic E-state index is 0.190. The van der Waals surface area contributed by atoms with Crippen LogP contribution in [0.3, 0.4) is 0 Å². The summed E-state index contributed by atoms with van der Waals surface area (Å²) in [5.41, 5.74) is 1.15. The van der Waals surface area contributed by atoms with Crippen molar-refractivity contribution in [1.29, 1.82) is 0 Å². The van der Waals surface area contributed by atoms with Gasteiger partial charge in [0.25, 0.3) is 0 Å². The molecule has 1 rings (SSSR count). The van der Waals surface area contributed by atoms with Crippen LogP contribution >= 0.6 is 0 Å². The molecule has 0 aromatic carbocycles. The van der Waals surface area contributed by atoms with Crippen molar-refractivity contribution in [2.45, 2.75) is 13.3 Å². The predicted octanol–water partition coefficient (Wildman–Crippen LogP) is 1.01. The molecular formula is C13H21N3O2. The summed E-state index contributed by atoms with van der Waals surface area (Å²) in [5, 5.41) is 4.12. The van der Waals surface area contributed by atoms with E-state index in [-0.39, 0.29) is 5.97 Å². The average molecular weight is 251 g/mol. The van der Waals surface area contributed by atoms with E-state index in [9.17, 15) is 4.79 Å². The first kappa shape index (κ1) is 14.4. The standard InChI is InChI=1S/C13H21N3O2/c1-4-9-16(11-13(17)18-5-2)10-7-12-6-8-14-15(12)3/h4,6,8H,1,5,7,9-11H2,2-3H3. The maximum Gasteiger partial charge on any atom is 0.320 e. The number of carbonyl (C=O) groups excluding carboxylic acids is 1. The van der Waals surface area contributed by atoms with Gasteiger partial charge in [0.2, 0.25) is 0 Å². The van der Waals surface area contributed by atoms with Crippen LogP contribution < -0.4 is 0 Å². The lowest BCUT2D eigenvalue weighted by Gasteiger charge is -2.19. The van der Waals surface area contributed by atoms with Crippen LogP contribution in [0.15, 0.2) is 24.9 Å². The largest absolute Gasteiger partial charge is 0.465 e. The topological polar surface area (TPSA) is 47.4 Å². The summed E-state index contributed by atoms with van der Waals surface area (Å²) < 4.78 is 6.79. The highest BCUT2D eigenvalue weighted by Crippen LogP contribution is 2.00. The number of aromatic nitrogens is 2. The minimum Gasteiger partial charge on any atom is -0.465 e. The molecule has 100 valence electrons. The number of hydrogen-bond donors (Lipinski definition) is 0. The van der Waals surface area contributed by atoms with Gasteiger partial charge in [-0.3, -0.25) is 14.4 Å². The molecule has 0 fully saturated rings. The van der Waals surface area contributed by atoms with Crippen LogP contribution in [-0.2, 0) is 23.0 Å². The van der Waals surface area contributed by atoms with Crippen LogP contribution in [0.1, 0.15) is 12.6 Å². The molecule has 0 amide bonds. The third-order valence-corrected chi connectivity index (χ3v) is 2.65. The average Bonchev–Trinajstić information content (AvgIpc) is 2.72. The van der Waals surface area contributed by atoms with E-state index in [1.807, 2.05) is 29.6 Å². The third-order valence-electron chi connectivity index (χ3n) is 2.65. The zero-order valence-electron chi connectivity index (χ0n) is 11.1. The third kappa shape index (κ3) is 4.71. The lowest BCUT2D eigenvalue weighted by Crippen LogP contribution is -2.33. The Balaban J connectivity index is 2.45. The Morgan fingerprint density at radius 3 is 3.00 bits per heavy atom. The number of hydrogen-bond acceptors (Lipinski definition) is 4. The van der Waals surface area contributed by atoms with Gasteiger partial charge in [0, 0.05) is 38.4 Å². The smallest absolute Gasteiger partial charge is 0.320 e. The van der Waals surface area contributed by atoms with Gasteiger partial charge in [-0.15, -0.1) is 6.58 Å². The van der Waals surface area contributed by atoms with Crippen molar-refractivity contribution in [3.05, 3.63) is 30.6 Å². The summed E-state index contributed by atoms with van der Waals surface area (Å²) in [6.45, 7) is 7.70. The van der Waals surface area contributed by atoms with Gasteiger partial charge < -0.3 is 4.74 Å². The Hall–Kier alpha value is -1.62. The van der Waals surface area contributed by atoms with Crippen molar-refractivity contribution < 1.29 is 9.53 Å². The number of esters is 1. The fourth-order valence-corrected chi connectivity index (χ4v) is 1.73. The fourth-order valence-electron chi connectivity index (χ4n) is 1.73. The Bertz CT molecular complexity index is 387. The monoisotopic (exact) mass is 251 g/mol. The molecule has 1 aromatic heterocycles. The molecule has 0 aliphatic carbocycles. The van der Waals surface area contributed by atoms with E-state index in [0.717, 1.165) is 18.7 Å². The van der Waals surface area contributed by atoms with E-state index < -0.39 is 0 Å². The zero-order chi connectivity index (χ0) is 13.4. The molecule has 0 unspecified atom stereocenters. The van der Waals surface area contributed by atoms with Gasteiger partial charge in [-0.25, -0.2) is 0 Å². The normalized spacial score (nSPS) is 10.6. The maximum atomic E-state index is 11.4. The summed E-state index contributed by atoms with van der Waals surface area (Å²) in [4.78, 5) is 13.5. The van der Waals surface area contributed by atoms with Gasteiger partial charge in [0.15, 0.2) is 0 Å². The Morgan fingerprint density at radius 1 is 1.67 bits per heavy atom. The van der Waals surface area contributed by atoms with Crippen LogP contribution in [0, 0.1) is 0 Å². The predicted molar refractivity (Wildman–Crippen MR) is 70.2 cm³/mol. The second-order valence-electron chi connectivity index (χ2n) is 4.02. The molecule has 0 N–H and O–H groups in total. The summed E-state index contributed by atoms with van der Waals surface area (Å²) in [5.74, 6) is -0.190. The Morgan fingerprint density at radius 2 is 2.44 bits per heavy atom. The van der Waals surface area contributed by atoms with Gasteiger partial charge in [-0.2, -0.15) is 5.10 Å². The number of rotatable bonds is 8. The van der Waals surface area contributed by atoms with Gasteiger partial charge in [-0.05, 0) is 13.0 Å². The summed E-state index contributed by atoms with van der Waals surface area (Å²) in [6.07, 6.45) is 4.42. The van der Waals surface area contributed by atoms with E-state index in [0.29, 0.717) is 19.7 Å². The lowest BCUT2D eigenvalue weighted by molar-refractivity contribution is -0.144. The molecule has 0 spiro atoms. The molecule has 0 aliphatic heterocycles. The SMILES string of the molecule is C=CCN(CCc1ccnn1C)CC(=O)OCC. The zero-order valence-corrected chi connectivity index (χ0v) is 11.1. The van der Waals surface area contributed by atoms with Crippen LogP contribution in [0.5, 0.6) is 0 Å². The van der Waals surface area contributed by atoms with E-state index in [1.54, 1.807) is 12.3 Å². The Labute approximate surface area is 108 Å². The molecule has 0 saturated heterocycles. The molecule has 18 heavy (non-hydrogen) atoms. The number of ether oxygens (including phenoxy) is 1. The summed E-state index contributed by atoms with van der Waals surface area (Å²) in [6, 6.07) is 1.98. The first-order chi connectivity index (χ1) is 8.67. The van der Waals surface area contributed by atoms with E-state index in [1.165, 1.54) is 0 Å². The van der Waals surface area contributed by atoms with Gasteiger partial charge in [0.05, 0.1) is 13.2 Å². The highest BCUT2D eigenvalue weighted by Gasteiger charge is 2.11. The fraction of sp³-hybridized carbons (Fsp3) is 0.538. The first-order valence-electron chi connectivity index (χ1n) is 6.13. The molecule has 0 atom stereocenters. The summed E-state index contributed by atoms with van der Waals surface area (Å²) >= 11 is 0. The molecule has 1 aromatic rings. The second-order valence-corrected chi connectivity index (χ2v) is 4.02. The molecule has 0 bridgehead atoms. The lowest BCUT2D eigenvalue weighted by atomic mass is 10.3. The number of nitrogens with zero attached hydrogens (tertiary/aromatic N) is 3. The molecule has 0 saturated carbocycles. The highest BCUT2D eigenvalue weighted by atomic mass is 16.5. The minimum atomic E-state index is -0.190. The highest BCUT2D eigenvalue weighted by molar-refractivity contribution is 5.71. The van der Waals surface area contributed by atoms with Gasteiger partial charge in [-0.1, -0.05) is 6.08 Å². The van der Waals surface area contributed by atoms with Crippen molar-refractivity contribution in [3.8, 4) is 0 Å². The molecule has 0 radical (unpaired) electrons. The maximum absolute atomic E-state index is 11.4. The van der Waals surface area contributed by atoms with Crippen LogP contribution in [0.4, 0.5) is 0 Å². The van der Waals surface area contributed by atoms with Crippen LogP contribution in [0.2, 0.25) is 0 Å². The molecule has 5 heteroatoms. The molecule has 0 aliphatic rings. The first-order valence-corrected chi connectivity index (χ1v) is 6.13. The van der Waals surface area contributed by atoms with Crippen LogP contribution in [-0.4, -0.2) is 46.9 Å². The molecule has 1 heterocycles. The van der Waals surface area contributed by atoms with Crippen molar-refractivity contribution >= 4 is 5.97 Å². The number of aryl methyl sites for hydroxylation is 1. The number of carbonyl (C=O) groups is 1. The molecule has 5 nitrogen and oxygen atoms in total. The van der Waals surface area contributed by atoms with E-state index in [2.05, 4.69) is 11.7 Å². The van der Waals surface area contributed by atoms with Gasteiger partial charge >= 0.3 is 5.97 Å². The van der Waals surface area contributed by atoms with Crippen molar-refractivity contribution in [1.82, 2.24) is 14.7 Å². The quantitative estimate of drug-likeness (QED) is 0.511. The Kier molecular flexibility index (Phi) is 6.14. The van der Waals surface area contributed by atoms with E-state index >= 15 is 0 Å². The van der Waals surface area contributed by atoms with Gasteiger partial charge in [0.1, 0.15) is 0 Å². The van der Waals surface area contributed by atoms with E-state index in [4.69, 9.17) is 4.74 Å². The van der Waals surface area contributed by atoms with Crippen LogP contribution in [0.25, 0.3) is 0 Å². The van der Waals surface area contributed by atoms with Crippen molar-refractivity contribution in [2.75, 3.05) is 26.2 Å². The summed E-state index contributed by atoms with van der Waals surface area (Å²) in [7, 11) is 1.92. The van der Waals surface area contributed by atoms with Crippen molar-refractivity contribution in [2.24, 2.45) is 7.05 Å². The van der Waals surface area contributed by atoms with Crippen molar-refractivity contribution in [3.63, 3.8) is 0 Å². The molecular weight excluding hydrogens is 230 g/mol. The second kappa shape index (κ2) is 7.66.